The molecule has 39 heavy (non-hydrogen) atoms. The van der Waals surface area contributed by atoms with E-state index in [1.54, 1.807) is 0 Å². The maximum atomic E-state index is 12.8. The van der Waals surface area contributed by atoms with Gasteiger partial charge in [-0.15, -0.1) is 0 Å². The number of carbonyl (C=O) groups excluding carboxylic acids is 1. The lowest BCUT2D eigenvalue weighted by atomic mass is 9.43. The highest BCUT2D eigenvalue weighted by molar-refractivity contribution is 7.89. The van der Waals surface area contributed by atoms with Gasteiger partial charge in [0.2, 0.25) is 15.9 Å². The first kappa shape index (κ1) is 29.3. The second-order valence-electron chi connectivity index (χ2n) is 13.7. The molecule has 0 unspecified atom stereocenters. The van der Waals surface area contributed by atoms with Crippen LogP contribution in [0.5, 0.6) is 0 Å². The van der Waals surface area contributed by atoms with E-state index < -0.39 is 10.0 Å². The Bertz CT molecular complexity index is 1210. The Balaban J connectivity index is 1.22. The van der Waals surface area contributed by atoms with Crippen LogP contribution in [0.1, 0.15) is 85.0 Å². The molecule has 1 amide bonds. The smallest absolute Gasteiger partial charge is 0.238 e. The number of anilines is 1. The van der Waals surface area contributed by atoms with Gasteiger partial charge in [0.25, 0.3) is 0 Å². The third-order valence-electron chi connectivity index (χ3n) is 11.8. The van der Waals surface area contributed by atoms with Crippen molar-refractivity contribution >= 4 is 33.2 Å². The number of rotatable bonds is 6. The largest absolute Gasteiger partial charge is 0.393 e. The van der Waals surface area contributed by atoms with Gasteiger partial charge < -0.3 is 15.5 Å². The fourth-order valence-corrected chi connectivity index (χ4v) is 10.6. The molecule has 9 heteroatoms. The molecule has 0 aromatic heterocycles. The van der Waals surface area contributed by atoms with Crippen LogP contribution in [-0.4, -0.2) is 36.7 Å². The number of amides is 1. The van der Waals surface area contributed by atoms with Gasteiger partial charge in [-0.3, -0.25) is 4.79 Å². The molecule has 10 atom stereocenters. The lowest BCUT2D eigenvalue weighted by Gasteiger charge is -2.62. The molecule has 0 heterocycles. The fourth-order valence-electron chi connectivity index (χ4n) is 9.72. The highest BCUT2D eigenvalue weighted by atomic mass is 35.5. The molecule has 7 nitrogen and oxygen atoms in total. The van der Waals surface area contributed by atoms with E-state index in [9.17, 15) is 23.4 Å². The van der Waals surface area contributed by atoms with Crippen molar-refractivity contribution in [2.24, 2.45) is 51.5 Å². The van der Waals surface area contributed by atoms with E-state index in [0.29, 0.717) is 47.6 Å². The lowest BCUT2D eigenvalue weighted by Crippen LogP contribution is -2.58. The summed E-state index contributed by atoms with van der Waals surface area (Å²) < 4.78 is 23.1. The van der Waals surface area contributed by atoms with Gasteiger partial charge in [-0.05, 0) is 122 Å². The molecule has 4 saturated carbocycles. The van der Waals surface area contributed by atoms with Gasteiger partial charge >= 0.3 is 0 Å². The van der Waals surface area contributed by atoms with Gasteiger partial charge in [0.15, 0.2) is 0 Å². The van der Waals surface area contributed by atoms with Crippen LogP contribution < -0.4 is 10.5 Å². The molecule has 4 fully saturated rings. The van der Waals surface area contributed by atoms with E-state index in [0.717, 1.165) is 51.4 Å². The number of fused-ring (bicyclic) bond motifs is 5. The Morgan fingerprint density at radius 1 is 1.10 bits per heavy atom. The van der Waals surface area contributed by atoms with Gasteiger partial charge in [0, 0.05) is 6.42 Å². The van der Waals surface area contributed by atoms with E-state index in [4.69, 9.17) is 16.7 Å². The van der Waals surface area contributed by atoms with Gasteiger partial charge in [-0.1, -0.05) is 32.4 Å². The van der Waals surface area contributed by atoms with E-state index in [-0.39, 0.29) is 38.9 Å². The number of primary sulfonamides is 1. The molecule has 4 aliphatic rings. The summed E-state index contributed by atoms with van der Waals surface area (Å²) in [4.78, 5) is 12.7. The molecule has 1 aromatic rings. The predicted molar refractivity (Wildman–Crippen MR) is 152 cm³/mol. The van der Waals surface area contributed by atoms with Crippen LogP contribution in [0.2, 0.25) is 5.02 Å². The maximum absolute atomic E-state index is 12.8. The Labute approximate surface area is 238 Å². The van der Waals surface area contributed by atoms with Crippen LogP contribution >= 0.6 is 11.6 Å². The van der Waals surface area contributed by atoms with E-state index >= 15 is 0 Å². The fraction of sp³-hybridized carbons (Fsp3) is 0.767. The minimum atomic E-state index is -3.86. The quantitative estimate of drug-likeness (QED) is 0.361. The molecular weight excluding hydrogens is 536 g/mol. The standard InChI is InChI=1S/C30H45ClN2O5S/c1-17(4-9-27(36)33-25-8-5-20(16-24(25)31)39(32,37)38)21-6-7-22-28-23(11-13-30(21,22)3)29(2)12-10-19(34)14-18(29)15-26(28)35/h5,8,16-19,21-23,26,28,34-35H,4,6-7,9-15H2,1-3H3,(H,33,36)(H2,32,37,38)/t17-,18+,19-,21-,22+,23+,26+,28+,29+,30-/m1/s1. The number of benzene rings is 1. The molecule has 0 bridgehead atoms. The molecule has 0 spiro atoms. The Hall–Kier alpha value is -1.19. The molecule has 1 aromatic carbocycles. The first-order valence-electron chi connectivity index (χ1n) is 14.7. The number of aliphatic hydroxyl groups is 2. The van der Waals surface area contributed by atoms with Crippen molar-refractivity contribution in [1.29, 1.82) is 0 Å². The number of carbonyl (C=O) groups is 1. The highest BCUT2D eigenvalue weighted by Gasteiger charge is 2.62. The first-order chi connectivity index (χ1) is 18.2. The van der Waals surface area contributed by atoms with Crippen molar-refractivity contribution in [2.45, 2.75) is 102 Å². The van der Waals surface area contributed by atoms with Gasteiger partial charge in [-0.2, -0.15) is 0 Å². The Morgan fingerprint density at radius 2 is 1.79 bits per heavy atom. The number of halogens is 1. The van der Waals surface area contributed by atoms with Gasteiger partial charge in [0.1, 0.15) is 0 Å². The second kappa shape index (κ2) is 10.6. The van der Waals surface area contributed by atoms with E-state index in [1.807, 2.05) is 0 Å². The molecule has 5 rings (SSSR count). The number of aliphatic hydroxyl groups excluding tert-OH is 2. The van der Waals surface area contributed by atoms with Crippen LogP contribution in [0, 0.1) is 46.3 Å². The third-order valence-corrected chi connectivity index (χ3v) is 13.0. The number of sulfonamides is 1. The SMILES string of the molecule is C[C@H](CCC(=O)Nc1ccc(S(N)(=O)=O)cc1Cl)[C@H]1CC[C@H]2[C@@H]3[C@@H](O)C[C@@H]4C[C@H](O)CC[C@]4(C)[C@H]3CC[C@]12C. The minimum Gasteiger partial charge on any atom is -0.393 e. The summed E-state index contributed by atoms with van der Waals surface area (Å²) in [6.07, 6.45) is 8.84. The number of nitrogens with one attached hydrogen (secondary N) is 1. The van der Waals surface area contributed by atoms with Crippen molar-refractivity contribution in [3.05, 3.63) is 23.2 Å². The monoisotopic (exact) mass is 580 g/mol. The Kier molecular flexibility index (Phi) is 7.95. The number of hydrogen-bond acceptors (Lipinski definition) is 5. The minimum absolute atomic E-state index is 0.0912. The van der Waals surface area contributed by atoms with Gasteiger partial charge in [-0.25, -0.2) is 13.6 Å². The normalized spacial score (nSPS) is 40.7. The molecule has 0 radical (unpaired) electrons. The van der Waals surface area contributed by atoms with Crippen LogP contribution in [0.4, 0.5) is 5.69 Å². The molecule has 0 aliphatic heterocycles. The summed E-state index contributed by atoms with van der Waals surface area (Å²) in [6.45, 7) is 7.15. The maximum Gasteiger partial charge on any atom is 0.238 e. The summed E-state index contributed by atoms with van der Waals surface area (Å²) in [5.74, 6) is 2.53. The average molecular weight is 581 g/mol. The molecule has 5 N–H and O–H groups in total. The zero-order valence-electron chi connectivity index (χ0n) is 23.4. The summed E-state index contributed by atoms with van der Waals surface area (Å²) in [7, 11) is -3.86. The lowest BCUT2D eigenvalue weighted by molar-refractivity contribution is -0.174. The van der Waals surface area contributed by atoms with Crippen LogP contribution in [0.15, 0.2) is 23.1 Å². The highest BCUT2D eigenvalue weighted by Crippen LogP contribution is 2.68. The summed E-state index contributed by atoms with van der Waals surface area (Å²) >= 11 is 6.20. The topological polar surface area (TPSA) is 130 Å². The summed E-state index contributed by atoms with van der Waals surface area (Å²) in [5.41, 5.74) is 0.767. The van der Waals surface area contributed by atoms with Crippen molar-refractivity contribution < 1.29 is 23.4 Å². The first-order valence-corrected chi connectivity index (χ1v) is 16.6. The number of hydrogen-bond donors (Lipinski definition) is 4. The van der Waals surface area contributed by atoms with Crippen molar-refractivity contribution in [3.63, 3.8) is 0 Å². The van der Waals surface area contributed by atoms with Crippen LogP contribution in [0.25, 0.3) is 0 Å². The zero-order valence-corrected chi connectivity index (χ0v) is 25.0. The predicted octanol–water partition coefficient (Wildman–Crippen LogP) is 5.33. The van der Waals surface area contributed by atoms with Crippen LogP contribution in [-0.2, 0) is 14.8 Å². The van der Waals surface area contributed by atoms with Crippen molar-refractivity contribution in [2.75, 3.05) is 5.32 Å². The summed E-state index contributed by atoms with van der Waals surface area (Å²) in [5, 5.41) is 29.9. The second-order valence-corrected chi connectivity index (χ2v) is 15.7. The number of nitrogens with two attached hydrogens (primary N) is 1. The van der Waals surface area contributed by atoms with Crippen molar-refractivity contribution in [1.82, 2.24) is 0 Å². The average Bonchev–Trinajstić information content (AvgIpc) is 3.21. The third kappa shape index (κ3) is 5.29. The van der Waals surface area contributed by atoms with Crippen LogP contribution in [0.3, 0.4) is 0 Å². The molecule has 218 valence electrons. The molecule has 0 saturated heterocycles. The van der Waals surface area contributed by atoms with Crippen molar-refractivity contribution in [3.8, 4) is 0 Å². The summed E-state index contributed by atoms with van der Waals surface area (Å²) in [6, 6.07) is 4.06. The van der Waals surface area contributed by atoms with Gasteiger partial charge in [0.05, 0.1) is 27.8 Å². The Morgan fingerprint density at radius 3 is 2.49 bits per heavy atom. The van der Waals surface area contributed by atoms with E-state index in [2.05, 4.69) is 26.1 Å². The molecule has 4 aliphatic carbocycles. The molecular formula is C30H45ClN2O5S. The van der Waals surface area contributed by atoms with E-state index in [1.165, 1.54) is 24.6 Å². The zero-order chi connectivity index (χ0) is 28.3.